The maximum absolute atomic E-state index is 13.7. The highest BCUT2D eigenvalue weighted by Crippen LogP contribution is 2.40. The molecule has 2 aliphatic heterocycles. The van der Waals surface area contributed by atoms with Crippen molar-refractivity contribution >= 4 is 40.4 Å². The van der Waals surface area contributed by atoms with Crippen molar-refractivity contribution in [1.29, 1.82) is 0 Å². The van der Waals surface area contributed by atoms with Crippen LogP contribution in [0, 0.1) is 0 Å². The molecule has 5 heterocycles. The normalized spacial score (nSPS) is 17.4. The predicted octanol–water partition coefficient (Wildman–Crippen LogP) is 4.99. The van der Waals surface area contributed by atoms with Crippen molar-refractivity contribution in [3.8, 4) is 0 Å². The first-order valence-corrected chi connectivity index (χ1v) is 12.3. The molecule has 6 nitrogen and oxygen atoms in total. The van der Waals surface area contributed by atoms with Gasteiger partial charge in [0, 0.05) is 21.9 Å². The van der Waals surface area contributed by atoms with Crippen molar-refractivity contribution in [1.82, 2.24) is 9.80 Å². The molecule has 1 unspecified atom stereocenters. The van der Waals surface area contributed by atoms with E-state index in [4.69, 9.17) is 4.42 Å². The number of thiophene rings is 2. The number of amides is 3. The second kappa shape index (κ2) is 7.83. The highest BCUT2D eigenvalue weighted by atomic mass is 32.1. The molecule has 6 rings (SSSR count). The number of carbonyl (C=O) groups excluding carboxylic acids is 3. The van der Waals surface area contributed by atoms with Crippen molar-refractivity contribution in [2.45, 2.75) is 19.0 Å². The van der Waals surface area contributed by atoms with Crippen LogP contribution in [0.4, 0.5) is 0 Å². The molecule has 3 amide bonds. The van der Waals surface area contributed by atoms with Gasteiger partial charge in [0.15, 0.2) is 0 Å². The summed E-state index contributed by atoms with van der Waals surface area (Å²) in [6.45, 7) is 0.666. The molecule has 1 aromatic carbocycles. The summed E-state index contributed by atoms with van der Waals surface area (Å²) in [6, 6.07) is 14.2. The van der Waals surface area contributed by atoms with E-state index in [1.54, 1.807) is 53.0 Å². The van der Waals surface area contributed by atoms with Crippen LogP contribution in [0.2, 0.25) is 0 Å². The number of fused-ring (bicyclic) bond motifs is 2. The first kappa shape index (κ1) is 20.1. The van der Waals surface area contributed by atoms with Crippen molar-refractivity contribution in [2.75, 3.05) is 6.54 Å². The van der Waals surface area contributed by atoms with Gasteiger partial charge in [0.05, 0.1) is 30.0 Å². The summed E-state index contributed by atoms with van der Waals surface area (Å²) < 4.78 is 5.30. The van der Waals surface area contributed by atoms with Crippen molar-refractivity contribution in [2.24, 2.45) is 0 Å². The monoisotopic (exact) mass is 474 g/mol. The first-order valence-electron chi connectivity index (χ1n) is 10.5. The molecule has 0 saturated heterocycles. The zero-order valence-electron chi connectivity index (χ0n) is 17.4. The van der Waals surface area contributed by atoms with Crippen LogP contribution in [0.25, 0.3) is 0 Å². The Balaban J connectivity index is 1.33. The number of rotatable bonds is 4. The minimum atomic E-state index is -0.408. The third-order valence-electron chi connectivity index (χ3n) is 6.15. The fourth-order valence-corrected chi connectivity index (χ4v) is 6.34. The average molecular weight is 475 g/mol. The number of imide groups is 1. The maximum Gasteiger partial charge on any atom is 0.261 e. The molecule has 164 valence electrons. The van der Waals surface area contributed by atoms with Gasteiger partial charge in [-0.25, -0.2) is 0 Å². The van der Waals surface area contributed by atoms with E-state index in [-0.39, 0.29) is 30.0 Å². The largest absolute Gasteiger partial charge is 0.467 e. The Hall–Kier alpha value is -3.49. The van der Waals surface area contributed by atoms with E-state index < -0.39 is 5.91 Å². The van der Waals surface area contributed by atoms with E-state index in [0.717, 1.165) is 16.2 Å². The van der Waals surface area contributed by atoms with E-state index in [1.807, 2.05) is 16.3 Å². The minimum Gasteiger partial charge on any atom is -0.467 e. The molecule has 3 aromatic heterocycles. The second-order valence-corrected chi connectivity index (χ2v) is 9.98. The van der Waals surface area contributed by atoms with Crippen LogP contribution >= 0.6 is 22.7 Å². The van der Waals surface area contributed by atoms with Gasteiger partial charge in [0.25, 0.3) is 17.7 Å². The van der Waals surface area contributed by atoms with Crippen LogP contribution in [0.1, 0.15) is 58.2 Å². The van der Waals surface area contributed by atoms with Crippen LogP contribution in [0.5, 0.6) is 0 Å². The topological polar surface area (TPSA) is 70.8 Å². The summed E-state index contributed by atoms with van der Waals surface area (Å²) in [5, 5.41) is 4.10. The summed E-state index contributed by atoms with van der Waals surface area (Å²) in [5.74, 6) is -0.394. The lowest BCUT2D eigenvalue weighted by atomic mass is 9.96. The minimum absolute atomic E-state index is 0.0656. The van der Waals surface area contributed by atoms with Gasteiger partial charge in [0.1, 0.15) is 5.76 Å². The summed E-state index contributed by atoms with van der Waals surface area (Å²) in [7, 11) is 0. The summed E-state index contributed by atoms with van der Waals surface area (Å²) >= 11 is 3.36. The van der Waals surface area contributed by atoms with Gasteiger partial charge in [-0.2, -0.15) is 0 Å². The molecule has 0 spiro atoms. The molecule has 0 aliphatic carbocycles. The zero-order valence-corrected chi connectivity index (χ0v) is 19.0. The van der Waals surface area contributed by atoms with Crippen LogP contribution in [-0.4, -0.2) is 34.1 Å². The summed E-state index contributed by atoms with van der Waals surface area (Å²) in [5.41, 5.74) is 2.16. The maximum atomic E-state index is 13.7. The fourth-order valence-electron chi connectivity index (χ4n) is 4.58. The second-order valence-electron chi connectivity index (χ2n) is 8.00. The number of hydrogen-bond donors (Lipinski definition) is 0. The van der Waals surface area contributed by atoms with Gasteiger partial charge in [0.2, 0.25) is 0 Å². The van der Waals surface area contributed by atoms with Gasteiger partial charge in [-0.15, -0.1) is 22.7 Å². The molecule has 1 atom stereocenters. The number of nitrogens with zero attached hydrogens (tertiary/aromatic N) is 2. The molecule has 0 saturated carbocycles. The first-order chi connectivity index (χ1) is 16.1. The summed E-state index contributed by atoms with van der Waals surface area (Å²) in [6.07, 6.45) is 2.31. The molecule has 0 radical (unpaired) electrons. The van der Waals surface area contributed by atoms with Gasteiger partial charge in [-0.1, -0.05) is 6.07 Å². The highest BCUT2D eigenvalue weighted by molar-refractivity contribution is 7.10. The summed E-state index contributed by atoms with van der Waals surface area (Å²) in [4.78, 5) is 44.9. The van der Waals surface area contributed by atoms with E-state index in [9.17, 15) is 14.4 Å². The molecule has 8 heteroatoms. The SMILES string of the molecule is O=C1c2ccc(C(=O)N3CCc4sccc4C3c3cccs3)cc2C(=O)N1Cc1ccco1. The Labute approximate surface area is 197 Å². The van der Waals surface area contributed by atoms with Crippen molar-refractivity contribution in [3.63, 3.8) is 0 Å². The smallest absolute Gasteiger partial charge is 0.261 e. The van der Waals surface area contributed by atoms with E-state index >= 15 is 0 Å². The molecular weight excluding hydrogens is 456 g/mol. The predicted molar refractivity (Wildman–Crippen MR) is 125 cm³/mol. The van der Waals surface area contributed by atoms with E-state index in [1.165, 1.54) is 16.7 Å². The lowest BCUT2D eigenvalue weighted by Gasteiger charge is -2.35. The Morgan fingerprint density at radius 1 is 1.00 bits per heavy atom. The van der Waals surface area contributed by atoms with Gasteiger partial charge in [-0.3, -0.25) is 19.3 Å². The molecular formula is C25H18N2O4S2. The third kappa shape index (κ3) is 3.25. The lowest BCUT2D eigenvalue weighted by molar-refractivity contribution is 0.0631. The van der Waals surface area contributed by atoms with Crippen LogP contribution < -0.4 is 0 Å². The van der Waals surface area contributed by atoms with Gasteiger partial charge >= 0.3 is 0 Å². The Bertz CT molecular complexity index is 1370. The zero-order chi connectivity index (χ0) is 22.5. The van der Waals surface area contributed by atoms with E-state index in [2.05, 4.69) is 17.5 Å². The van der Waals surface area contributed by atoms with Crippen LogP contribution in [0.15, 0.2) is 70.0 Å². The number of hydrogen-bond acceptors (Lipinski definition) is 6. The Morgan fingerprint density at radius 2 is 1.88 bits per heavy atom. The highest BCUT2D eigenvalue weighted by Gasteiger charge is 2.38. The van der Waals surface area contributed by atoms with Crippen LogP contribution in [-0.2, 0) is 13.0 Å². The van der Waals surface area contributed by atoms with Crippen molar-refractivity contribution in [3.05, 3.63) is 103 Å². The average Bonchev–Trinajstić information content (AvgIpc) is 3.64. The number of benzene rings is 1. The molecule has 0 N–H and O–H groups in total. The molecule has 0 bridgehead atoms. The molecule has 2 aliphatic rings. The van der Waals surface area contributed by atoms with Gasteiger partial charge < -0.3 is 9.32 Å². The lowest BCUT2D eigenvalue weighted by Crippen LogP contribution is -2.39. The Morgan fingerprint density at radius 3 is 2.67 bits per heavy atom. The molecule has 4 aromatic rings. The molecule has 33 heavy (non-hydrogen) atoms. The quantitative estimate of drug-likeness (QED) is 0.391. The third-order valence-corrected chi connectivity index (χ3v) is 8.07. The van der Waals surface area contributed by atoms with Crippen molar-refractivity contribution < 1.29 is 18.8 Å². The molecule has 0 fully saturated rings. The standard InChI is InChI=1S/C25H18N2O4S2/c28-23(26-9-7-20-18(8-12-33-20)22(26)21-4-2-11-32-21)15-5-6-17-19(13-15)25(30)27(24(17)29)14-16-3-1-10-31-16/h1-6,8,10-13,22H,7,9,14H2. The Kier molecular flexibility index (Phi) is 4.78. The number of furan rings is 1. The number of carbonyl (C=O) groups is 3. The fraction of sp³-hybridized carbons (Fsp3) is 0.160. The van der Waals surface area contributed by atoms with E-state index in [0.29, 0.717) is 23.4 Å². The van der Waals surface area contributed by atoms with Crippen LogP contribution in [0.3, 0.4) is 0 Å². The van der Waals surface area contributed by atoms with Gasteiger partial charge in [-0.05, 0) is 65.2 Å².